The van der Waals surface area contributed by atoms with Crippen LogP contribution in [0.5, 0.6) is 0 Å². The molecule has 30 heavy (non-hydrogen) atoms. The zero-order valence-corrected chi connectivity index (χ0v) is 19.9. The second-order valence-electron chi connectivity index (χ2n) is 8.96. The van der Waals surface area contributed by atoms with Crippen LogP contribution in [-0.4, -0.2) is 58.7 Å². The van der Waals surface area contributed by atoms with Gasteiger partial charge in [-0.15, -0.1) is 0 Å². The highest BCUT2D eigenvalue weighted by Gasteiger charge is 2.54. The number of rotatable bonds is 0. The van der Waals surface area contributed by atoms with Crippen molar-refractivity contribution in [3.05, 3.63) is 28.9 Å². The fourth-order valence-electron chi connectivity index (χ4n) is 4.22. The van der Waals surface area contributed by atoms with Gasteiger partial charge in [0.2, 0.25) is 0 Å². The van der Waals surface area contributed by atoms with Crippen molar-refractivity contribution in [1.29, 1.82) is 0 Å². The Bertz CT molecular complexity index is 1060. The Balaban J connectivity index is 1.83. The first-order chi connectivity index (χ1) is 13.9. The summed E-state index contributed by atoms with van der Waals surface area (Å²) in [4.78, 5) is 35.8. The van der Waals surface area contributed by atoms with E-state index in [1.165, 1.54) is 4.90 Å². The van der Waals surface area contributed by atoms with Crippen LogP contribution in [-0.2, 0) is 9.53 Å². The topological polar surface area (TPSA) is 66.0 Å². The average Bonchev–Trinajstić information content (AvgIpc) is 2.63. The second kappa shape index (κ2) is 6.99. The molecule has 9 heteroatoms. The quantitative estimate of drug-likeness (QED) is 0.401. The van der Waals surface area contributed by atoms with Crippen molar-refractivity contribution in [2.75, 3.05) is 29.9 Å². The molecule has 1 aromatic heterocycles. The molecule has 0 radical (unpaired) electrons. The van der Waals surface area contributed by atoms with Gasteiger partial charge in [0.15, 0.2) is 0 Å². The van der Waals surface area contributed by atoms with Crippen molar-refractivity contribution in [1.82, 2.24) is 9.88 Å². The first kappa shape index (κ1) is 21.2. The van der Waals surface area contributed by atoms with Crippen molar-refractivity contribution < 1.29 is 14.3 Å². The molecule has 1 fully saturated rings. The van der Waals surface area contributed by atoms with E-state index in [2.05, 4.69) is 20.9 Å². The molecular formula is C21H24BrClN4O3. The van der Waals surface area contributed by atoms with E-state index >= 15 is 0 Å². The van der Waals surface area contributed by atoms with Gasteiger partial charge in [-0.05, 0) is 45.9 Å². The molecule has 2 amide bonds. The van der Waals surface area contributed by atoms with Crippen molar-refractivity contribution in [2.24, 2.45) is 0 Å². The van der Waals surface area contributed by atoms with Gasteiger partial charge < -0.3 is 19.4 Å². The van der Waals surface area contributed by atoms with E-state index in [0.29, 0.717) is 5.69 Å². The van der Waals surface area contributed by atoms with Crippen LogP contribution in [0.15, 0.2) is 28.9 Å². The number of aromatic nitrogens is 1. The van der Waals surface area contributed by atoms with Gasteiger partial charge in [0, 0.05) is 16.9 Å². The van der Waals surface area contributed by atoms with Crippen LogP contribution in [0, 0.1) is 0 Å². The molecule has 2 unspecified atom stereocenters. The molecule has 160 valence electrons. The van der Waals surface area contributed by atoms with Crippen molar-refractivity contribution in [2.45, 2.75) is 44.3 Å². The number of hydrogen-bond acceptors (Lipinski definition) is 5. The van der Waals surface area contributed by atoms with E-state index in [-0.39, 0.29) is 19.0 Å². The Labute approximate surface area is 189 Å². The van der Waals surface area contributed by atoms with Crippen LogP contribution in [0.3, 0.4) is 0 Å². The monoisotopic (exact) mass is 494 g/mol. The van der Waals surface area contributed by atoms with Crippen LogP contribution >= 0.6 is 27.5 Å². The third-order valence-corrected chi connectivity index (χ3v) is 6.31. The van der Waals surface area contributed by atoms with Crippen LogP contribution in [0.25, 0.3) is 10.9 Å². The predicted molar refractivity (Wildman–Crippen MR) is 121 cm³/mol. The highest BCUT2D eigenvalue weighted by molar-refractivity contribution is 9.10. The van der Waals surface area contributed by atoms with Gasteiger partial charge in [-0.3, -0.25) is 9.78 Å². The van der Waals surface area contributed by atoms with Crippen LogP contribution in [0.1, 0.15) is 27.7 Å². The fourth-order valence-corrected chi connectivity index (χ4v) is 5.05. The van der Waals surface area contributed by atoms with Gasteiger partial charge in [0.25, 0.3) is 5.91 Å². The van der Waals surface area contributed by atoms with Gasteiger partial charge >= 0.3 is 6.09 Å². The van der Waals surface area contributed by atoms with E-state index in [4.69, 9.17) is 16.3 Å². The predicted octanol–water partition coefficient (Wildman–Crippen LogP) is 4.35. The number of alkyl halides is 1. The molecule has 3 heterocycles. The van der Waals surface area contributed by atoms with E-state index in [9.17, 15) is 9.59 Å². The molecule has 1 aromatic carbocycles. The van der Waals surface area contributed by atoms with Gasteiger partial charge in [0.1, 0.15) is 16.6 Å². The van der Waals surface area contributed by atoms with Crippen molar-refractivity contribution >= 4 is 61.8 Å². The summed E-state index contributed by atoms with van der Waals surface area (Å²) in [6.07, 6.45) is 1.23. The standard InChI is InChI=1S/C21H24BrClN4O3/c1-20(2,3)30-19(29)26-10-16(23)27-17-13-7-6-12(22)8-14(13)24-9-15(17)25(5)18(28)21(27,4)11-26/h6-9,16H,10-11H2,1-5H3. The number of ether oxygens (including phenoxy) is 1. The largest absolute Gasteiger partial charge is 0.444 e. The number of halogens is 2. The second-order valence-corrected chi connectivity index (χ2v) is 10.4. The molecule has 0 saturated carbocycles. The summed E-state index contributed by atoms with van der Waals surface area (Å²) in [5.41, 5.74) is 0.0646. The lowest BCUT2D eigenvalue weighted by atomic mass is 9.89. The third-order valence-electron chi connectivity index (χ3n) is 5.48. The zero-order chi connectivity index (χ0) is 22.0. The summed E-state index contributed by atoms with van der Waals surface area (Å²) >= 11 is 10.3. The number of fused-ring (bicyclic) bond motifs is 5. The summed E-state index contributed by atoms with van der Waals surface area (Å²) in [7, 11) is 1.73. The van der Waals surface area contributed by atoms with Crippen LogP contribution in [0.4, 0.5) is 16.2 Å². The number of nitrogens with zero attached hydrogens (tertiary/aromatic N) is 4. The molecule has 2 aliphatic rings. The van der Waals surface area contributed by atoms with Gasteiger partial charge in [-0.2, -0.15) is 0 Å². The van der Waals surface area contributed by atoms with Gasteiger partial charge in [0.05, 0.1) is 36.2 Å². The molecule has 1 saturated heterocycles. The SMILES string of the molecule is CN1C(=O)C2(C)CN(C(=O)OC(C)(C)C)CC(Cl)N2c2c1cnc1cc(Br)ccc21. The Kier molecular flexibility index (Phi) is 4.93. The number of pyridine rings is 1. The molecule has 0 bridgehead atoms. The van der Waals surface area contributed by atoms with Gasteiger partial charge in [-0.1, -0.05) is 27.5 Å². The zero-order valence-electron chi connectivity index (χ0n) is 17.6. The van der Waals surface area contributed by atoms with E-state index in [0.717, 1.165) is 21.1 Å². The fraction of sp³-hybridized carbons (Fsp3) is 0.476. The minimum atomic E-state index is -1.04. The number of anilines is 2. The maximum Gasteiger partial charge on any atom is 0.410 e. The lowest BCUT2D eigenvalue weighted by Crippen LogP contribution is -2.72. The third kappa shape index (κ3) is 3.30. The molecular weight excluding hydrogens is 472 g/mol. The minimum absolute atomic E-state index is 0.146. The Morgan fingerprint density at radius 3 is 2.73 bits per heavy atom. The van der Waals surface area contributed by atoms with E-state index in [1.54, 1.807) is 18.1 Å². The summed E-state index contributed by atoms with van der Waals surface area (Å²) in [6.45, 7) is 7.68. The smallest absolute Gasteiger partial charge is 0.410 e. The Morgan fingerprint density at radius 1 is 1.37 bits per heavy atom. The average molecular weight is 496 g/mol. The number of carbonyl (C=O) groups is 2. The molecule has 2 aromatic rings. The number of likely N-dealkylation sites (N-methyl/N-ethyl adjacent to an activating group) is 1. The number of hydrogen-bond donors (Lipinski definition) is 0. The summed E-state index contributed by atoms with van der Waals surface area (Å²) in [6, 6.07) is 5.85. The molecule has 0 aliphatic carbocycles. The highest BCUT2D eigenvalue weighted by Crippen LogP contribution is 2.47. The maximum absolute atomic E-state index is 13.4. The van der Waals surface area contributed by atoms with Crippen LogP contribution in [0.2, 0.25) is 0 Å². The number of carbonyl (C=O) groups excluding carboxylic acids is 2. The molecule has 4 rings (SSSR count). The molecule has 0 spiro atoms. The summed E-state index contributed by atoms with van der Waals surface area (Å²) in [5, 5.41) is 0.901. The van der Waals surface area contributed by atoms with Gasteiger partial charge in [-0.25, -0.2) is 4.79 Å². The van der Waals surface area contributed by atoms with Crippen molar-refractivity contribution in [3.63, 3.8) is 0 Å². The first-order valence-corrected chi connectivity index (χ1v) is 10.9. The molecule has 0 N–H and O–H groups in total. The number of benzene rings is 1. The Morgan fingerprint density at radius 2 is 2.07 bits per heavy atom. The molecule has 2 atom stereocenters. The summed E-state index contributed by atoms with van der Waals surface area (Å²) < 4.78 is 6.45. The number of amides is 2. The minimum Gasteiger partial charge on any atom is -0.444 e. The normalized spacial score (nSPS) is 24.0. The molecule has 2 aliphatic heterocycles. The lowest BCUT2D eigenvalue weighted by molar-refractivity contribution is -0.124. The van der Waals surface area contributed by atoms with Crippen LogP contribution < -0.4 is 9.80 Å². The Hall–Kier alpha value is -2.06. The van der Waals surface area contributed by atoms with E-state index < -0.39 is 22.7 Å². The lowest BCUT2D eigenvalue weighted by Gasteiger charge is -2.55. The van der Waals surface area contributed by atoms with Crippen molar-refractivity contribution in [3.8, 4) is 0 Å². The molecule has 7 nitrogen and oxygen atoms in total. The number of piperazine rings is 1. The maximum atomic E-state index is 13.4. The highest BCUT2D eigenvalue weighted by atomic mass is 79.9. The summed E-state index contributed by atoms with van der Waals surface area (Å²) in [5.74, 6) is -0.146. The van der Waals surface area contributed by atoms with E-state index in [1.807, 2.05) is 50.8 Å². The first-order valence-electron chi connectivity index (χ1n) is 9.70.